The summed E-state index contributed by atoms with van der Waals surface area (Å²) in [6.07, 6.45) is 1.18. The van der Waals surface area contributed by atoms with Gasteiger partial charge in [-0.05, 0) is 42.5 Å². The highest BCUT2D eigenvalue weighted by Gasteiger charge is 2.26. The Labute approximate surface area is 128 Å². The summed E-state index contributed by atoms with van der Waals surface area (Å²) >= 11 is 0. The van der Waals surface area contributed by atoms with Gasteiger partial charge in [-0.1, -0.05) is 26.0 Å². The van der Waals surface area contributed by atoms with Crippen molar-refractivity contribution in [1.29, 1.82) is 0 Å². The predicted molar refractivity (Wildman–Crippen MR) is 85.8 cm³/mol. The number of sulfone groups is 1. The second-order valence-electron chi connectivity index (χ2n) is 6.26. The molecule has 0 spiro atoms. The van der Waals surface area contributed by atoms with Gasteiger partial charge in [0.25, 0.3) is 0 Å². The Hall–Kier alpha value is -0.910. The van der Waals surface area contributed by atoms with E-state index in [1.54, 1.807) is 18.2 Å². The molecule has 21 heavy (non-hydrogen) atoms. The van der Waals surface area contributed by atoms with Crippen LogP contribution in [0.2, 0.25) is 0 Å². The van der Waals surface area contributed by atoms with Crippen LogP contribution in [0.5, 0.6) is 0 Å². The van der Waals surface area contributed by atoms with E-state index in [0.717, 1.165) is 18.7 Å². The molecule has 2 rings (SSSR count). The highest BCUT2D eigenvalue weighted by atomic mass is 32.2. The minimum atomic E-state index is -3.22. The molecule has 4 nitrogen and oxygen atoms in total. The summed E-state index contributed by atoms with van der Waals surface area (Å²) < 4.78 is 24.8. The monoisotopic (exact) mass is 310 g/mol. The van der Waals surface area contributed by atoms with Crippen molar-refractivity contribution in [2.45, 2.75) is 31.7 Å². The summed E-state index contributed by atoms with van der Waals surface area (Å²) in [7, 11) is -3.22. The van der Waals surface area contributed by atoms with Crippen LogP contribution in [0.3, 0.4) is 0 Å². The van der Waals surface area contributed by atoms with Gasteiger partial charge in [-0.3, -0.25) is 0 Å². The first-order valence-corrected chi connectivity index (χ1v) is 9.31. The first-order chi connectivity index (χ1) is 9.92. The Morgan fingerprint density at radius 2 is 2.14 bits per heavy atom. The molecule has 5 heteroatoms. The fourth-order valence-electron chi connectivity index (χ4n) is 2.84. The number of nitrogens with zero attached hydrogens (tertiary/aromatic N) is 1. The Balaban J connectivity index is 1.95. The Morgan fingerprint density at radius 1 is 1.38 bits per heavy atom. The van der Waals surface area contributed by atoms with E-state index in [2.05, 4.69) is 18.7 Å². The van der Waals surface area contributed by atoms with Gasteiger partial charge in [0.1, 0.15) is 0 Å². The number of hydrogen-bond acceptors (Lipinski definition) is 4. The molecule has 118 valence electrons. The van der Waals surface area contributed by atoms with Gasteiger partial charge in [0, 0.05) is 19.6 Å². The molecule has 1 heterocycles. The molecule has 1 unspecified atom stereocenters. The van der Waals surface area contributed by atoms with E-state index in [1.807, 2.05) is 6.07 Å². The van der Waals surface area contributed by atoms with E-state index in [1.165, 1.54) is 6.42 Å². The lowest BCUT2D eigenvalue weighted by Crippen LogP contribution is -2.28. The minimum absolute atomic E-state index is 0.186. The molecule has 0 aromatic heterocycles. The molecule has 2 N–H and O–H groups in total. The lowest BCUT2D eigenvalue weighted by atomic mass is 9.95. The van der Waals surface area contributed by atoms with Gasteiger partial charge >= 0.3 is 0 Å². The van der Waals surface area contributed by atoms with E-state index in [-0.39, 0.29) is 5.75 Å². The van der Waals surface area contributed by atoms with Crippen LogP contribution in [0.1, 0.15) is 25.8 Å². The Kier molecular flexibility index (Phi) is 5.41. The average Bonchev–Trinajstić information content (AvgIpc) is 2.94. The van der Waals surface area contributed by atoms with Crippen molar-refractivity contribution in [3.63, 3.8) is 0 Å². The fraction of sp³-hybridized carbons (Fsp3) is 0.625. The standard InChI is InChI=1S/C16H26N2O2S/c1-13(2)15-6-7-18(12-15)8-9-21(19,20)16-5-3-4-14(10-16)11-17/h3-5,10,13,15H,6-9,11-12,17H2,1-2H3. The highest BCUT2D eigenvalue weighted by molar-refractivity contribution is 7.91. The van der Waals surface area contributed by atoms with Crippen LogP contribution in [-0.2, 0) is 16.4 Å². The third kappa shape index (κ3) is 4.28. The van der Waals surface area contributed by atoms with Crippen molar-refractivity contribution in [1.82, 2.24) is 4.90 Å². The average molecular weight is 310 g/mol. The molecule has 1 aromatic rings. The lowest BCUT2D eigenvalue weighted by molar-refractivity contribution is 0.317. The Bertz CT molecular complexity index is 569. The van der Waals surface area contributed by atoms with Crippen molar-refractivity contribution >= 4 is 9.84 Å². The van der Waals surface area contributed by atoms with Crippen LogP contribution in [0.4, 0.5) is 0 Å². The van der Waals surface area contributed by atoms with Crippen LogP contribution in [-0.4, -0.2) is 38.7 Å². The van der Waals surface area contributed by atoms with Crippen LogP contribution < -0.4 is 5.73 Å². The van der Waals surface area contributed by atoms with E-state index < -0.39 is 9.84 Å². The second-order valence-corrected chi connectivity index (χ2v) is 8.37. The molecule has 0 bridgehead atoms. The molecule has 0 amide bonds. The normalized spacial score (nSPS) is 20.3. The van der Waals surface area contributed by atoms with Gasteiger partial charge in [-0.25, -0.2) is 8.42 Å². The summed E-state index contributed by atoms with van der Waals surface area (Å²) in [5, 5.41) is 0. The molecule has 0 saturated carbocycles. The van der Waals surface area contributed by atoms with E-state index in [9.17, 15) is 8.42 Å². The lowest BCUT2D eigenvalue weighted by Gasteiger charge is -2.17. The zero-order valence-corrected chi connectivity index (χ0v) is 13.8. The van der Waals surface area contributed by atoms with Gasteiger partial charge in [-0.15, -0.1) is 0 Å². The van der Waals surface area contributed by atoms with Gasteiger partial charge in [0.05, 0.1) is 10.6 Å². The first kappa shape index (κ1) is 16.5. The molecule has 1 fully saturated rings. The third-order valence-electron chi connectivity index (χ3n) is 4.42. The molecule has 1 atom stereocenters. The number of hydrogen-bond donors (Lipinski definition) is 1. The van der Waals surface area contributed by atoms with E-state index in [0.29, 0.717) is 29.8 Å². The van der Waals surface area contributed by atoms with Gasteiger partial charge in [-0.2, -0.15) is 0 Å². The van der Waals surface area contributed by atoms with Crippen LogP contribution in [0, 0.1) is 11.8 Å². The van der Waals surface area contributed by atoms with E-state index >= 15 is 0 Å². The molecule has 1 saturated heterocycles. The summed E-state index contributed by atoms with van der Waals surface area (Å²) in [5.74, 6) is 1.56. The number of likely N-dealkylation sites (tertiary alicyclic amines) is 1. The third-order valence-corrected chi connectivity index (χ3v) is 6.11. The van der Waals surface area contributed by atoms with Crippen molar-refractivity contribution in [2.24, 2.45) is 17.6 Å². The zero-order valence-electron chi connectivity index (χ0n) is 13.0. The minimum Gasteiger partial charge on any atom is -0.326 e. The topological polar surface area (TPSA) is 63.4 Å². The quantitative estimate of drug-likeness (QED) is 0.871. The molecule has 1 aliphatic heterocycles. The first-order valence-electron chi connectivity index (χ1n) is 7.66. The Morgan fingerprint density at radius 3 is 2.76 bits per heavy atom. The summed E-state index contributed by atoms with van der Waals surface area (Å²) in [5.41, 5.74) is 6.43. The van der Waals surface area contributed by atoms with Gasteiger partial charge in [0.15, 0.2) is 9.84 Å². The van der Waals surface area contributed by atoms with Gasteiger partial charge in [0.2, 0.25) is 0 Å². The largest absolute Gasteiger partial charge is 0.326 e. The zero-order chi connectivity index (χ0) is 15.5. The fourth-order valence-corrected chi connectivity index (χ4v) is 4.19. The predicted octanol–water partition coefficient (Wildman–Crippen LogP) is 1.90. The number of benzene rings is 1. The number of rotatable bonds is 6. The van der Waals surface area contributed by atoms with E-state index in [4.69, 9.17) is 5.73 Å². The second kappa shape index (κ2) is 6.90. The molecular weight excluding hydrogens is 284 g/mol. The smallest absolute Gasteiger partial charge is 0.179 e. The van der Waals surface area contributed by atoms with Gasteiger partial charge < -0.3 is 10.6 Å². The van der Waals surface area contributed by atoms with Crippen molar-refractivity contribution < 1.29 is 8.42 Å². The molecule has 1 aliphatic rings. The van der Waals surface area contributed by atoms with Crippen molar-refractivity contribution in [3.8, 4) is 0 Å². The molecule has 0 radical (unpaired) electrons. The van der Waals surface area contributed by atoms with Crippen molar-refractivity contribution in [2.75, 3.05) is 25.4 Å². The summed E-state index contributed by atoms with van der Waals surface area (Å²) in [4.78, 5) is 2.67. The van der Waals surface area contributed by atoms with Crippen LogP contribution in [0.25, 0.3) is 0 Å². The molecule has 0 aliphatic carbocycles. The SMILES string of the molecule is CC(C)C1CCN(CCS(=O)(=O)c2cccc(CN)c2)C1. The van der Waals surface area contributed by atoms with Crippen LogP contribution >= 0.6 is 0 Å². The summed E-state index contributed by atoms with van der Waals surface area (Å²) in [6.45, 7) is 7.51. The highest BCUT2D eigenvalue weighted by Crippen LogP contribution is 2.23. The molecular formula is C16H26N2O2S. The summed E-state index contributed by atoms with van der Waals surface area (Å²) in [6, 6.07) is 6.97. The maximum Gasteiger partial charge on any atom is 0.179 e. The maximum absolute atomic E-state index is 12.4. The van der Waals surface area contributed by atoms with Crippen LogP contribution in [0.15, 0.2) is 29.2 Å². The van der Waals surface area contributed by atoms with Crippen molar-refractivity contribution in [3.05, 3.63) is 29.8 Å². The number of nitrogens with two attached hydrogens (primary N) is 1. The maximum atomic E-state index is 12.4. The molecule has 1 aromatic carbocycles.